The van der Waals surface area contributed by atoms with E-state index in [0.717, 1.165) is 16.7 Å². The minimum absolute atomic E-state index is 0.301. The molecule has 0 aliphatic carbocycles. The van der Waals surface area contributed by atoms with Crippen molar-refractivity contribution >= 4 is 11.9 Å². The molecule has 1 aliphatic rings. The Morgan fingerprint density at radius 2 is 1.88 bits per heavy atom. The van der Waals surface area contributed by atoms with Gasteiger partial charge < -0.3 is 5.32 Å². The van der Waals surface area contributed by atoms with Crippen LogP contribution in [0.15, 0.2) is 18.2 Å². The number of carbonyl (C=O) groups is 2. The molecule has 2 rings (SSSR count). The van der Waals surface area contributed by atoms with E-state index in [1.54, 1.807) is 6.92 Å². The summed E-state index contributed by atoms with van der Waals surface area (Å²) in [6.07, 6.45) is 0. The summed E-state index contributed by atoms with van der Waals surface area (Å²) >= 11 is 0. The first kappa shape index (κ1) is 10.7. The van der Waals surface area contributed by atoms with Crippen LogP contribution >= 0.6 is 0 Å². The summed E-state index contributed by atoms with van der Waals surface area (Å²) in [5, 5.41) is 4.92. The molecule has 84 valence electrons. The van der Waals surface area contributed by atoms with Gasteiger partial charge in [-0.15, -0.1) is 0 Å². The standard InChI is InChI=1S/C12H14N2O2/c1-7-4-5-9(8(2)6-7)12(3)10(15)13-11(16)14-12/h4-6H,1-3H3,(H2,13,14,15,16)/t12-/m0/s1. The molecule has 1 aliphatic heterocycles. The maximum atomic E-state index is 11.7. The summed E-state index contributed by atoms with van der Waals surface area (Å²) in [5.74, 6) is -0.301. The highest BCUT2D eigenvalue weighted by Crippen LogP contribution is 2.27. The minimum atomic E-state index is -0.950. The van der Waals surface area contributed by atoms with E-state index in [1.807, 2.05) is 32.0 Å². The predicted octanol–water partition coefficient (Wildman–Crippen LogP) is 1.36. The highest BCUT2D eigenvalue weighted by atomic mass is 16.2. The second-order valence-electron chi connectivity index (χ2n) is 4.35. The van der Waals surface area contributed by atoms with E-state index in [4.69, 9.17) is 0 Å². The predicted molar refractivity (Wildman–Crippen MR) is 59.9 cm³/mol. The van der Waals surface area contributed by atoms with E-state index in [2.05, 4.69) is 10.6 Å². The Morgan fingerprint density at radius 1 is 1.19 bits per heavy atom. The fourth-order valence-corrected chi connectivity index (χ4v) is 2.11. The van der Waals surface area contributed by atoms with Crippen LogP contribution in [0.3, 0.4) is 0 Å². The summed E-state index contributed by atoms with van der Waals surface area (Å²) in [7, 11) is 0. The van der Waals surface area contributed by atoms with Crippen molar-refractivity contribution in [3.63, 3.8) is 0 Å². The molecule has 0 unspecified atom stereocenters. The molecule has 3 amide bonds. The minimum Gasteiger partial charge on any atom is -0.320 e. The third-order valence-corrected chi connectivity index (χ3v) is 2.97. The number of amides is 3. The summed E-state index contributed by atoms with van der Waals surface area (Å²) in [5.41, 5.74) is 2.02. The first-order chi connectivity index (χ1) is 7.43. The molecule has 1 atom stereocenters. The molecular formula is C12H14N2O2. The van der Waals surface area contributed by atoms with Crippen molar-refractivity contribution in [1.29, 1.82) is 0 Å². The second kappa shape index (κ2) is 3.33. The van der Waals surface area contributed by atoms with Crippen LogP contribution in [-0.4, -0.2) is 11.9 Å². The van der Waals surface area contributed by atoms with Crippen molar-refractivity contribution in [3.8, 4) is 0 Å². The summed E-state index contributed by atoms with van der Waals surface area (Å²) in [6.45, 7) is 5.64. The van der Waals surface area contributed by atoms with Crippen LogP contribution < -0.4 is 10.6 Å². The number of hydrogen-bond acceptors (Lipinski definition) is 2. The van der Waals surface area contributed by atoms with E-state index in [1.165, 1.54) is 0 Å². The average Bonchev–Trinajstić information content (AvgIpc) is 2.40. The summed E-state index contributed by atoms with van der Waals surface area (Å²) < 4.78 is 0. The number of hydrogen-bond donors (Lipinski definition) is 2. The lowest BCUT2D eigenvalue weighted by atomic mass is 9.88. The summed E-state index contributed by atoms with van der Waals surface area (Å²) in [6, 6.07) is 5.38. The molecular weight excluding hydrogens is 204 g/mol. The Kier molecular flexibility index (Phi) is 2.22. The zero-order valence-corrected chi connectivity index (χ0v) is 9.55. The van der Waals surface area contributed by atoms with Crippen molar-refractivity contribution in [3.05, 3.63) is 34.9 Å². The monoisotopic (exact) mass is 218 g/mol. The molecule has 1 saturated heterocycles. The Hall–Kier alpha value is -1.84. The zero-order chi connectivity index (χ0) is 11.9. The maximum absolute atomic E-state index is 11.7. The summed E-state index contributed by atoms with van der Waals surface area (Å²) in [4.78, 5) is 22.9. The van der Waals surface area contributed by atoms with Crippen molar-refractivity contribution in [2.75, 3.05) is 0 Å². The van der Waals surface area contributed by atoms with E-state index in [-0.39, 0.29) is 5.91 Å². The molecule has 2 N–H and O–H groups in total. The molecule has 0 saturated carbocycles. The van der Waals surface area contributed by atoms with Gasteiger partial charge >= 0.3 is 6.03 Å². The lowest BCUT2D eigenvalue weighted by Gasteiger charge is -2.23. The number of aryl methyl sites for hydroxylation is 2. The average molecular weight is 218 g/mol. The molecule has 0 spiro atoms. The van der Waals surface area contributed by atoms with E-state index in [9.17, 15) is 9.59 Å². The van der Waals surface area contributed by atoms with E-state index in [0.29, 0.717) is 0 Å². The number of benzene rings is 1. The smallest absolute Gasteiger partial charge is 0.320 e. The van der Waals surface area contributed by atoms with Crippen LogP contribution in [0.25, 0.3) is 0 Å². The molecule has 4 heteroatoms. The van der Waals surface area contributed by atoms with Gasteiger partial charge in [0, 0.05) is 0 Å². The molecule has 0 bridgehead atoms. The fourth-order valence-electron chi connectivity index (χ4n) is 2.11. The number of rotatable bonds is 1. The molecule has 16 heavy (non-hydrogen) atoms. The van der Waals surface area contributed by atoms with Crippen LogP contribution in [0, 0.1) is 13.8 Å². The van der Waals surface area contributed by atoms with Crippen molar-refractivity contribution in [2.24, 2.45) is 0 Å². The normalized spacial score (nSPS) is 24.2. The highest BCUT2D eigenvalue weighted by Gasteiger charge is 2.44. The van der Waals surface area contributed by atoms with Gasteiger partial charge in [-0.1, -0.05) is 23.8 Å². The Bertz CT molecular complexity index is 482. The molecule has 1 aromatic carbocycles. The number of urea groups is 1. The van der Waals surface area contributed by atoms with Crippen molar-refractivity contribution < 1.29 is 9.59 Å². The van der Waals surface area contributed by atoms with Gasteiger partial charge in [0.2, 0.25) is 0 Å². The van der Waals surface area contributed by atoms with Crippen molar-refractivity contribution in [2.45, 2.75) is 26.3 Å². The number of nitrogens with one attached hydrogen (secondary N) is 2. The maximum Gasteiger partial charge on any atom is 0.322 e. The van der Waals surface area contributed by atoms with E-state index < -0.39 is 11.6 Å². The SMILES string of the molecule is Cc1ccc([C@]2(C)NC(=O)NC2=O)c(C)c1. The fraction of sp³-hybridized carbons (Fsp3) is 0.333. The van der Waals surface area contributed by atoms with Crippen LogP contribution in [0.4, 0.5) is 4.79 Å². The highest BCUT2D eigenvalue weighted by molar-refractivity contribution is 6.07. The molecule has 1 aromatic rings. The molecule has 0 aromatic heterocycles. The topological polar surface area (TPSA) is 58.2 Å². The largest absolute Gasteiger partial charge is 0.322 e. The Balaban J connectivity index is 2.51. The van der Waals surface area contributed by atoms with Gasteiger partial charge in [0.25, 0.3) is 5.91 Å². The van der Waals surface area contributed by atoms with Crippen LogP contribution in [-0.2, 0) is 10.3 Å². The Morgan fingerprint density at radius 3 is 2.38 bits per heavy atom. The van der Waals surface area contributed by atoms with Gasteiger partial charge in [-0.25, -0.2) is 4.79 Å². The first-order valence-electron chi connectivity index (χ1n) is 5.15. The molecule has 0 radical (unpaired) electrons. The third-order valence-electron chi connectivity index (χ3n) is 2.97. The first-order valence-corrected chi connectivity index (χ1v) is 5.15. The third kappa shape index (κ3) is 1.46. The van der Waals surface area contributed by atoms with E-state index >= 15 is 0 Å². The van der Waals surface area contributed by atoms with Crippen LogP contribution in [0.2, 0.25) is 0 Å². The van der Waals surface area contributed by atoms with Gasteiger partial charge in [-0.2, -0.15) is 0 Å². The zero-order valence-electron chi connectivity index (χ0n) is 9.55. The quantitative estimate of drug-likeness (QED) is 0.699. The van der Waals surface area contributed by atoms with Gasteiger partial charge in [0.15, 0.2) is 0 Å². The molecule has 4 nitrogen and oxygen atoms in total. The van der Waals surface area contributed by atoms with Gasteiger partial charge in [0.1, 0.15) is 5.54 Å². The van der Waals surface area contributed by atoms with Crippen LogP contribution in [0.5, 0.6) is 0 Å². The number of carbonyl (C=O) groups excluding carboxylic acids is 2. The van der Waals surface area contributed by atoms with Crippen LogP contribution in [0.1, 0.15) is 23.6 Å². The Labute approximate surface area is 94.0 Å². The van der Waals surface area contributed by atoms with Crippen molar-refractivity contribution in [1.82, 2.24) is 10.6 Å². The van der Waals surface area contributed by atoms with Gasteiger partial charge in [0.05, 0.1) is 0 Å². The lowest BCUT2D eigenvalue weighted by molar-refractivity contribution is -0.123. The van der Waals surface area contributed by atoms with Gasteiger partial charge in [-0.3, -0.25) is 10.1 Å². The lowest BCUT2D eigenvalue weighted by Crippen LogP contribution is -2.41. The second-order valence-corrected chi connectivity index (χ2v) is 4.35. The molecule has 1 heterocycles. The molecule has 1 fully saturated rings. The number of imide groups is 1. The van der Waals surface area contributed by atoms with Gasteiger partial charge in [-0.05, 0) is 31.9 Å².